The third kappa shape index (κ3) is 5.43. The van der Waals surface area contributed by atoms with Gasteiger partial charge in [-0.05, 0) is 55.7 Å². The number of amides is 1. The average molecular weight is 406 g/mol. The van der Waals surface area contributed by atoms with Crippen LogP contribution >= 0.6 is 0 Å². The number of hydrogen-bond acceptors (Lipinski definition) is 3. The van der Waals surface area contributed by atoms with Crippen molar-refractivity contribution in [3.8, 4) is 5.75 Å². The van der Waals surface area contributed by atoms with Crippen LogP contribution in [-0.2, 0) is 6.18 Å². The molecule has 7 heteroatoms. The van der Waals surface area contributed by atoms with Crippen LogP contribution in [0.25, 0.3) is 0 Å². The Balaban J connectivity index is 1.84. The second-order valence-electron chi connectivity index (χ2n) is 7.11. The maximum absolute atomic E-state index is 13.2. The fourth-order valence-electron chi connectivity index (χ4n) is 3.30. The minimum Gasteiger partial charge on any atom is -0.494 e. The molecule has 0 radical (unpaired) electrons. The molecule has 29 heavy (non-hydrogen) atoms. The van der Waals surface area contributed by atoms with E-state index in [-0.39, 0.29) is 5.69 Å². The average Bonchev–Trinajstić information content (AvgIpc) is 3.22. The second-order valence-corrected chi connectivity index (χ2v) is 7.11. The quantitative estimate of drug-likeness (QED) is 0.597. The molecule has 1 heterocycles. The fourth-order valence-corrected chi connectivity index (χ4v) is 3.30. The van der Waals surface area contributed by atoms with Gasteiger partial charge in [0.05, 0.1) is 23.5 Å². The van der Waals surface area contributed by atoms with Crippen LogP contribution < -0.4 is 15.0 Å². The number of halogens is 3. The van der Waals surface area contributed by atoms with Crippen LogP contribution in [-0.4, -0.2) is 25.6 Å². The summed E-state index contributed by atoms with van der Waals surface area (Å²) in [5.74, 6) is 0.0978. The number of anilines is 2. The van der Waals surface area contributed by atoms with Crippen LogP contribution in [0.15, 0.2) is 42.5 Å². The van der Waals surface area contributed by atoms with E-state index >= 15 is 0 Å². The van der Waals surface area contributed by atoms with E-state index in [4.69, 9.17) is 4.74 Å². The number of carbonyl (C=O) groups is 1. The predicted octanol–water partition coefficient (Wildman–Crippen LogP) is 5.74. The summed E-state index contributed by atoms with van der Waals surface area (Å²) < 4.78 is 45.2. The van der Waals surface area contributed by atoms with E-state index in [1.165, 1.54) is 6.07 Å². The summed E-state index contributed by atoms with van der Waals surface area (Å²) in [6.07, 6.45) is -0.623. The van der Waals surface area contributed by atoms with Crippen LogP contribution in [0.1, 0.15) is 48.5 Å². The van der Waals surface area contributed by atoms with Crippen LogP contribution in [0.4, 0.5) is 24.5 Å². The van der Waals surface area contributed by atoms with E-state index < -0.39 is 17.6 Å². The zero-order valence-electron chi connectivity index (χ0n) is 16.4. The predicted molar refractivity (Wildman–Crippen MR) is 108 cm³/mol. The van der Waals surface area contributed by atoms with Gasteiger partial charge in [0.1, 0.15) is 5.75 Å². The van der Waals surface area contributed by atoms with Crippen molar-refractivity contribution in [2.24, 2.45) is 0 Å². The Hall–Kier alpha value is -2.70. The number of rotatable bonds is 7. The molecule has 0 aliphatic carbocycles. The molecular formula is C22H25F3N2O2. The first-order chi connectivity index (χ1) is 13.9. The normalized spacial score (nSPS) is 14.1. The number of hydrogen-bond donors (Lipinski definition) is 1. The summed E-state index contributed by atoms with van der Waals surface area (Å²) in [5.41, 5.74) is 0.333. The first-order valence-corrected chi connectivity index (χ1v) is 9.89. The Morgan fingerprint density at radius 3 is 2.59 bits per heavy atom. The minimum absolute atomic E-state index is 0.170. The number of nitrogens with one attached hydrogen (secondary N) is 1. The molecule has 0 saturated carbocycles. The van der Waals surface area contributed by atoms with Crippen molar-refractivity contribution in [3.05, 3.63) is 53.6 Å². The topological polar surface area (TPSA) is 41.6 Å². The van der Waals surface area contributed by atoms with Crippen LogP contribution in [0.5, 0.6) is 5.75 Å². The Kier molecular flexibility index (Phi) is 6.67. The van der Waals surface area contributed by atoms with Gasteiger partial charge < -0.3 is 15.0 Å². The van der Waals surface area contributed by atoms with Crippen molar-refractivity contribution < 1.29 is 22.7 Å². The van der Waals surface area contributed by atoms with Crippen LogP contribution in [0, 0.1) is 0 Å². The van der Waals surface area contributed by atoms with Gasteiger partial charge in [-0.1, -0.05) is 19.4 Å². The standard InChI is InChI=1S/C22H25F3N2O2/c1-2-3-13-29-18-8-6-7-16(14-18)21(28)26-19-15-17(22(23,24)25)9-10-20(19)27-11-4-5-12-27/h6-10,14-15H,2-5,11-13H2,1H3,(H,26,28). The molecule has 1 saturated heterocycles. The fraction of sp³-hybridized carbons (Fsp3) is 0.409. The Labute approximate surface area is 168 Å². The third-order valence-electron chi connectivity index (χ3n) is 4.88. The van der Waals surface area contributed by atoms with Crippen molar-refractivity contribution in [3.63, 3.8) is 0 Å². The highest BCUT2D eigenvalue weighted by Gasteiger charge is 2.32. The number of benzene rings is 2. The lowest BCUT2D eigenvalue weighted by molar-refractivity contribution is -0.137. The molecular weight excluding hydrogens is 381 g/mol. The van der Waals surface area contributed by atoms with Gasteiger partial charge in [0.2, 0.25) is 0 Å². The molecule has 3 rings (SSSR count). The number of carbonyl (C=O) groups excluding carboxylic acids is 1. The van der Waals surface area contributed by atoms with Crippen molar-refractivity contribution in [1.82, 2.24) is 0 Å². The van der Waals surface area contributed by atoms with Crippen LogP contribution in [0.2, 0.25) is 0 Å². The Morgan fingerprint density at radius 2 is 1.90 bits per heavy atom. The van der Waals surface area contributed by atoms with Gasteiger partial charge >= 0.3 is 6.18 Å². The van der Waals surface area contributed by atoms with Gasteiger partial charge in [-0.2, -0.15) is 13.2 Å². The number of alkyl halides is 3. The van der Waals surface area contributed by atoms with E-state index in [1.807, 2.05) is 4.90 Å². The lowest BCUT2D eigenvalue weighted by Crippen LogP contribution is -2.22. The highest BCUT2D eigenvalue weighted by atomic mass is 19.4. The van der Waals surface area contributed by atoms with Crippen molar-refractivity contribution in [1.29, 1.82) is 0 Å². The molecule has 2 aromatic rings. The van der Waals surface area contributed by atoms with Crippen LogP contribution in [0.3, 0.4) is 0 Å². The van der Waals surface area contributed by atoms with Crippen molar-refractivity contribution in [2.45, 2.75) is 38.8 Å². The molecule has 2 aromatic carbocycles. The lowest BCUT2D eigenvalue weighted by Gasteiger charge is -2.23. The molecule has 1 aliphatic heterocycles. The lowest BCUT2D eigenvalue weighted by atomic mass is 10.1. The molecule has 1 fully saturated rings. The largest absolute Gasteiger partial charge is 0.494 e. The summed E-state index contributed by atoms with van der Waals surface area (Å²) in [6.45, 7) is 4.12. The summed E-state index contributed by atoms with van der Waals surface area (Å²) in [5, 5.41) is 2.67. The van der Waals surface area contributed by atoms with Crippen molar-refractivity contribution >= 4 is 17.3 Å². The van der Waals surface area contributed by atoms with Gasteiger partial charge in [0.15, 0.2) is 0 Å². The summed E-state index contributed by atoms with van der Waals surface area (Å²) >= 11 is 0. The van der Waals surface area contributed by atoms with Gasteiger partial charge in [0, 0.05) is 18.7 Å². The van der Waals surface area contributed by atoms with Gasteiger partial charge in [0.25, 0.3) is 5.91 Å². The molecule has 0 bridgehead atoms. The Morgan fingerprint density at radius 1 is 1.14 bits per heavy atom. The summed E-state index contributed by atoms with van der Waals surface area (Å²) in [4.78, 5) is 14.8. The first-order valence-electron chi connectivity index (χ1n) is 9.89. The highest BCUT2D eigenvalue weighted by molar-refractivity contribution is 6.06. The Bertz CT molecular complexity index is 846. The molecule has 1 N–H and O–H groups in total. The molecule has 1 amide bonds. The third-order valence-corrected chi connectivity index (χ3v) is 4.88. The van der Waals surface area contributed by atoms with E-state index in [2.05, 4.69) is 12.2 Å². The van der Waals surface area contributed by atoms with Crippen molar-refractivity contribution in [2.75, 3.05) is 29.9 Å². The summed E-state index contributed by atoms with van der Waals surface area (Å²) in [6, 6.07) is 10.2. The zero-order valence-corrected chi connectivity index (χ0v) is 16.4. The highest BCUT2D eigenvalue weighted by Crippen LogP contribution is 2.36. The maximum Gasteiger partial charge on any atom is 0.416 e. The van der Waals surface area contributed by atoms with E-state index in [9.17, 15) is 18.0 Å². The molecule has 156 valence electrons. The molecule has 4 nitrogen and oxygen atoms in total. The van der Waals surface area contributed by atoms with E-state index in [1.54, 1.807) is 24.3 Å². The van der Waals surface area contributed by atoms with Gasteiger partial charge in [-0.15, -0.1) is 0 Å². The maximum atomic E-state index is 13.2. The number of nitrogens with zero attached hydrogens (tertiary/aromatic N) is 1. The smallest absolute Gasteiger partial charge is 0.416 e. The number of ether oxygens (including phenoxy) is 1. The van der Waals surface area contributed by atoms with E-state index in [0.717, 1.165) is 50.9 Å². The molecule has 0 unspecified atom stereocenters. The second kappa shape index (κ2) is 9.20. The number of unbranched alkanes of at least 4 members (excludes halogenated alkanes) is 1. The first kappa shape index (κ1) is 21.0. The van der Waals surface area contributed by atoms with E-state index in [0.29, 0.717) is 23.6 Å². The van der Waals surface area contributed by atoms with Gasteiger partial charge in [-0.25, -0.2) is 0 Å². The summed E-state index contributed by atoms with van der Waals surface area (Å²) in [7, 11) is 0. The molecule has 0 aromatic heterocycles. The molecule has 1 aliphatic rings. The minimum atomic E-state index is -4.48. The SMILES string of the molecule is CCCCOc1cccc(C(=O)Nc2cc(C(F)(F)F)ccc2N2CCCC2)c1. The molecule has 0 spiro atoms. The zero-order chi connectivity index (χ0) is 20.9. The monoisotopic (exact) mass is 406 g/mol. The molecule has 0 atom stereocenters. The van der Waals surface area contributed by atoms with Gasteiger partial charge in [-0.3, -0.25) is 4.79 Å².